The monoisotopic (exact) mass is 388 g/mol. The first kappa shape index (κ1) is 21.2. The lowest BCUT2D eigenvalue weighted by Gasteiger charge is -2.12. The minimum Gasteiger partial charge on any atom is -0.299 e. The molecular formula is C27H32O2. The second-order valence-electron chi connectivity index (χ2n) is 8.46. The third-order valence-corrected chi connectivity index (χ3v) is 5.91. The number of hydrogen-bond acceptors (Lipinski definition) is 2. The van der Waals surface area contributed by atoms with Gasteiger partial charge in [-0.15, -0.1) is 0 Å². The van der Waals surface area contributed by atoms with E-state index in [1.807, 2.05) is 6.08 Å². The number of carbonyl (C=O) groups excluding carboxylic acids is 2. The lowest BCUT2D eigenvalue weighted by Crippen LogP contribution is -2.09. The van der Waals surface area contributed by atoms with Crippen LogP contribution in [-0.2, 0) is 16.0 Å². The van der Waals surface area contributed by atoms with Crippen LogP contribution in [0.1, 0.15) is 67.2 Å². The van der Waals surface area contributed by atoms with Crippen LogP contribution in [0.15, 0.2) is 54.1 Å². The van der Waals surface area contributed by atoms with Crippen molar-refractivity contribution in [2.24, 2.45) is 5.92 Å². The Morgan fingerprint density at radius 1 is 0.793 bits per heavy atom. The van der Waals surface area contributed by atoms with Crippen molar-refractivity contribution in [1.29, 1.82) is 0 Å². The zero-order valence-electron chi connectivity index (χ0n) is 17.7. The average Bonchev–Trinajstić information content (AvgIpc) is 3.12. The van der Waals surface area contributed by atoms with Crippen molar-refractivity contribution in [2.75, 3.05) is 0 Å². The van der Waals surface area contributed by atoms with Gasteiger partial charge in [0, 0.05) is 18.8 Å². The molecule has 2 aliphatic rings. The number of ketones is 2. The number of aryl methyl sites for hydroxylation is 2. The fourth-order valence-corrected chi connectivity index (χ4v) is 4.03. The SMILES string of the molecule is Cc1ccc(/C=C2\CCCCC2=O)cc1.Cc1ccc(CC2CCCC2=O)cc1. The summed E-state index contributed by atoms with van der Waals surface area (Å²) in [6.45, 7) is 4.16. The summed E-state index contributed by atoms with van der Waals surface area (Å²) < 4.78 is 0. The Labute approximate surface area is 175 Å². The Balaban J connectivity index is 0.000000166. The van der Waals surface area contributed by atoms with Gasteiger partial charge in [-0.25, -0.2) is 0 Å². The first-order valence-electron chi connectivity index (χ1n) is 10.9. The van der Waals surface area contributed by atoms with Gasteiger partial charge in [-0.05, 0) is 75.1 Å². The van der Waals surface area contributed by atoms with E-state index in [-0.39, 0.29) is 0 Å². The zero-order chi connectivity index (χ0) is 20.6. The molecule has 0 amide bonds. The van der Waals surface area contributed by atoms with Crippen molar-refractivity contribution in [3.8, 4) is 0 Å². The highest BCUT2D eigenvalue weighted by molar-refractivity contribution is 6.00. The molecule has 0 bridgehead atoms. The summed E-state index contributed by atoms with van der Waals surface area (Å²) in [7, 11) is 0. The van der Waals surface area contributed by atoms with Gasteiger partial charge in [0.15, 0.2) is 5.78 Å². The van der Waals surface area contributed by atoms with Crippen LogP contribution in [0.4, 0.5) is 0 Å². The van der Waals surface area contributed by atoms with E-state index in [9.17, 15) is 9.59 Å². The smallest absolute Gasteiger partial charge is 0.158 e. The van der Waals surface area contributed by atoms with Crippen molar-refractivity contribution in [2.45, 2.75) is 65.2 Å². The van der Waals surface area contributed by atoms with E-state index >= 15 is 0 Å². The van der Waals surface area contributed by atoms with Crippen LogP contribution >= 0.6 is 0 Å². The summed E-state index contributed by atoms with van der Waals surface area (Å²) in [5.41, 5.74) is 5.99. The van der Waals surface area contributed by atoms with E-state index < -0.39 is 0 Å². The highest BCUT2D eigenvalue weighted by Gasteiger charge is 2.24. The summed E-state index contributed by atoms with van der Waals surface area (Å²) in [4.78, 5) is 23.0. The maximum absolute atomic E-state index is 11.6. The molecule has 2 aromatic carbocycles. The Morgan fingerprint density at radius 2 is 1.41 bits per heavy atom. The summed E-state index contributed by atoms with van der Waals surface area (Å²) in [6.07, 6.45) is 9.87. The summed E-state index contributed by atoms with van der Waals surface area (Å²) >= 11 is 0. The molecule has 0 heterocycles. The Hall–Kier alpha value is -2.48. The number of benzene rings is 2. The number of carbonyl (C=O) groups is 2. The van der Waals surface area contributed by atoms with Crippen LogP contribution in [0.5, 0.6) is 0 Å². The zero-order valence-corrected chi connectivity index (χ0v) is 17.7. The first-order valence-corrected chi connectivity index (χ1v) is 10.9. The van der Waals surface area contributed by atoms with Gasteiger partial charge < -0.3 is 0 Å². The van der Waals surface area contributed by atoms with Gasteiger partial charge in [-0.3, -0.25) is 9.59 Å². The molecule has 0 N–H and O–H groups in total. The molecule has 0 saturated heterocycles. The molecule has 2 heteroatoms. The van der Waals surface area contributed by atoms with Gasteiger partial charge in [-0.1, -0.05) is 59.7 Å². The molecule has 2 fully saturated rings. The fourth-order valence-electron chi connectivity index (χ4n) is 4.03. The predicted molar refractivity (Wildman–Crippen MR) is 120 cm³/mol. The van der Waals surface area contributed by atoms with Gasteiger partial charge >= 0.3 is 0 Å². The first-order chi connectivity index (χ1) is 14.0. The van der Waals surface area contributed by atoms with Crippen molar-refractivity contribution >= 4 is 17.6 Å². The summed E-state index contributed by atoms with van der Waals surface area (Å²) in [5.74, 6) is 1.10. The van der Waals surface area contributed by atoms with Crippen molar-refractivity contribution in [3.05, 3.63) is 76.4 Å². The maximum atomic E-state index is 11.6. The lowest BCUT2D eigenvalue weighted by atomic mass is 9.92. The van der Waals surface area contributed by atoms with Gasteiger partial charge in [0.25, 0.3) is 0 Å². The third-order valence-electron chi connectivity index (χ3n) is 5.91. The van der Waals surface area contributed by atoms with Crippen molar-refractivity contribution in [3.63, 3.8) is 0 Å². The second kappa shape index (κ2) is 10.3. The average molecular weight is 389 g/mol. The van der Waals surface area contributed by atoms with Crippen LogP contribution in [0.2, 0.25) is 0 Å². The molecule has 4 rings (SSSR count). The van der Waals surface area contributed by atoms with Crippen molar-refractivity contribution < 1.29 is 9.59 Å². The normalized spacial score (nSPS) is 20.5. The molecule has 1 unspecified atom stereocenters. The minimum atomic E-state index is 0.303. The number of rotatable bonds is 3. The highest BCUT2D eigenvalue weighted by Crippen LogP contribution is 2.25. The van der Waals surface area contributed by atoms with Gasteiger partial charge in [-0.2, -0.15) is 0 Å². The Bertz CT molecular complexity index is 856. The van der Waals surface area contributed by atoms with Crippen LogP contribution in [0, 0.1) is 19.8 Å². The van der Waals surface area contributed by atoms with E-state index in [1.54, 1.807) is 0 Å². The molecule has 2 aliphatic carbocycles. The molecule has 152 valence electrons. The highest BCUT2D eigenvalue weighted by atomic mass is 16.1. The van der Waals surface area contributed by atoms with Gasteiger partial charge in [0.2, 0.25) is 0 Å². The van der Waals surface area contributed by atoms with E-state index in [4.69, 9.17) is 0 Å². The molecule has 0 aromatic heterocycles. The van der Waals surface area contributed by atoms with Crippen LogP contribution < -0.4 is 0 Å². The van der Waals surface area contributed by atoms with Crippen LogP contribution in [-0.4, -0.2) is 11.6 Å². The minimum absolute atomic E-state index is 0.303. The number of allylic oxidation sites excluding steroid dienone is 1. The number of Topliss-reactive ketones (excluding diaryl/α,β-unsaturated/α-hetero) is 2. The van der Waals surface area contributed by atoms with E-state index in [0.717, 1.165) is 62.5 Å². The standard InChI is InChI=1S/C14H16O.C13H16O/c1-11-6-8-12(9-7-11)10-13-4-2-3-5-14(13)15;1-10-5-7-11(8-6-10)9-12-3-2-4-13(12)14/h6-10H,2-5H2,1H3;5-8,12H,2-4,9H2,1H3/b13-10+;. The summed E-state index contributed by atoms with van der Waals surface area (Å²) in [6, 6.07) is 16.8. The van der Waals surface area contributed by atoms with E-state index in [1.165, 1.54) is 16.7 Å². The van der Waals surface area contributed by atoms with Crippen LogP contribution in [0.25, 0.3) is 6.08 Å². The fraction of sp³-hybridized carbons (Fsp3) is 0.407. The topological polar surface area (TPSA) is 34.1 Å². The lowest BCUT2D eigenvalue weighted by molar-refractivity contribution is -0.120. The molecule has 0 spiro atoms. The molecule has 0 radical (unpaired) electrons. The quantitative estimate of drug-likeness (QED) is 0.568. The van der Waals surface area contributed by atoms with E-state index in [2.05, 4.69) is 62.4 Å². The van der Waals surface area contributed by atoms with Gasteiger partial charge in [0.05, 0.1) is 0 Å². The maximum Gasteiger partial charge on any atom is 0.158 e. The molecule has 1 atom stereocenters. The summed E-state index contributed by atoms with van der Waals surface area (Å²) in [5, 5.41) is 0. The molecule has 2 aromatic rings. The second-order valence-corrected chi connectivity index (χ2v) is 8.46. The predicted octanol–water partition coefficient (Wildman–Crippen LogP) is 6.43. The van der Waals surface area contributed by atoms with Gasteiger partial charge in [0.1, 0.15) is 5.78 Å². The molecule has 29 heavy (non-hydrogen) atoms. The van der Waals surface area contributed by atoms with Crippen molar-refractivity contribution in [1.82, 2.24) is 0 Å². The Morgan fingerprint density at radius 3 is 2.00 bits per heavy atom. The number of hydrogen-bond donors (Lipinski definition) is 0. The molecule has 0 aliphatic heterocycles. The molecular weight excluding hydrogens is 356 g/mol. The van der Waals surface area contributed by atoms with Crippen LogP contribution in [0.3, 0.4) is 0 Å². The third kappa shape index (κ3) is 6.52. The Kier molecular flexibility index (Phi) is 7.57. The van der Waals surface area contributed by atoms with E-state index in [0.29, 0.717) is 17.5 Å². The largest absolute Gasteiger partial charge is 0.299 e. The molecule has 2 saturated carbocycles. The molecule has 2 nitrogen and oxygen atoms in total.